The summed E-state index contributed by atoms with van der Waals surface area (Å²) in [7, 11) is 0. The lowest BCUT2D eigenvalue weighted by molar-refractivity contribution is -0.118. The van der Waals surface area contributed by atoms with Gasteiger partial charge in [-0.3, -0.25) is 14.6 Å². The maximum absolute atomic E-state index is 13.2. The van der Waals surface area contributed by atoms with Crippen LogP contribution in [0.25, 0.3) is 0 Å². The summed E-state index contributed by atoms with van der Waals surface area (Å²) in [5.74, 6) is 0.752. The molecular weight excluding hydrogens is 520 g/mol. The number of carbonyl (C=O) groups is 2. The lowest BCUT2D eigenvalue weighted by Gasteiger charge is -2.40. The molecule has 1 aliphatic heterocycles. The molecule has 10 heteroatoms. The molecule has 0 bridgehead atoms. The topological polar surface area (TPSA) is 91.3 Å². The SMILES string of the molecule is CC1CN(c2cc(Cl)nc(SCC(=O)NCc3ccccn3)n2)CCN1C(=O)c1ccc(C(C)(C)C)cc1. The number of hydrogen-bond acceptors (Lipinski definition) is 7. The van der Waals surface area contributed by atoms with Gasteiger partial charge in [-0.25, -0.2) is 9.97 Å². The number of rotatable bonds is 7. The van der Waals surface area contributed by atoms with Crippen molar-refractivity contribution in [1.82, 2.24) is 25.2 Å². The average Bonchev–Trinajstić information content (AvgIpc) is 2.90. The lowest BCUT2D eigenvalue weighted by atomic mass is 9.86. The van der Waals surface area contributed by atoms with E-state index in [1.807, 2.05) is 54.3 Å². The van der Waals surface area contributed by atoms with Crippen LogP contribution in [0.3, 0.4) is 0 Å². The van der Waals surface area contributed by atoms with E-state index in [1.54, 1.807) is 12.3 Å². The van der Waals surface area contributed by atoms with Crippen LogP contribution in [-0.2, 0) is 16.8 Å². The molecule has 1 saturated heterocycles. The number of nitrogens with one attached hydrogen (secondary N) is 1. The molecule has 3 heterocycles. The second-order valence-electron chi connectivity index (χ2n) is 10.3. The molecule has 38 heavy (non-hydrogen) atoms. The Kier molecular flexibility index (Phi) is 8.89. The Hall–Kier alpha value is -3.17. The number of piperazine rings is 1. The molecule has 1 aliphatic rings. The molecule has 200 valence electrons. The molecule has 1 fully saturated rings. The zero-order valence-corrected chi connectivity index (χ0v) is 23.7. The van der Waals surface area contributed by atoms with Gasteiger partial charge in [0.1, 0.15) is 11.0 Å². The summed E-state index contributed by atoms with van der Waals surface area (Å²) in [4.78, 5) is 42.7. The van der Waals surface area contributed by atoms with Crippen LogP contribution in [-0.4, -0.2) is 63.1 Å². The number of aromatic nitrogens is 3. The van der Waals surface area contributed by atoms with Crippen molar-refractivity contribution in [2.45, 2.75) is 50.9 Å². The van der Waals surface area contributed by atoms with E-state index in [9.17, 15) is 9.59 Å². The van der Waals surface area contributed by atoms with Crippen molar-refractivity contribution in [3.63, 3.8) is 0 Å². The molecule has 0 spiro atoms. The third-order valence-corrected chi connectivity index (χ3v) is 7.44. The number of benzene rings is 1. The molecule has 2 amide bonds. The van der Waals surface area contributed by atoms with Crippen molar-refractivity contribution in [3.8, 4) is 0 Å². The Morgan fingerprint density at radius 2 is 1.87 bits per heavy atom. The van der Waals surface area contributed by atoms with Gasteiger partial charge in [0.15, 0.2) is 5.16 Å². The number of nitrogens with zero attached hydrogens (tertiary/aromatic N) is 5. The molecule has 0 saturated carbocycles. The van der Waals surface area contributed by atoms with E-state index < -0.39 is 0 Å². The number of amides is 2. The summed E-state index contributed by atoms with van der Waals surface area (Å²) in [5.41, 5.74) is 2.73. The van der Waals surface area contributed by atoms with Gasteiger partial charge >= 0.3 is 0 Å². The summed E-state index contributed by atoms with van der Waals surface area (Å²) in [6.07, 6.45) is 1.69. The highest BCUT2D eigenvalue weighted by atomic mass is 35.5. The third-order valence-electron chi connectivity index (χ3n) is 6.40. The van der Waals surface area contributed by atoms with E-state index in [0.29, 0.717) is 47.9 Å². The Morgan fingerprint density at radius 3 is 2.53 bits per heavy atom. The predicted octanol–water partition coefficient (Wildman–Crippen LogP) is 4.58. The highest BCUT2D eigenvalue weighted by molar-refractivity contribution is 7.99. The van der Waals surface area contributed by atoms with Crippen molar-refractivity contribution >= 4 is 41.0 Å². The fourth-order valence-corrected chi connectivity index (χ4v) is 5.14. The standard InChI is InChI=1S/C28H33ClN6O2S/c1-19-17-34(13-14-35(19)26(37)20-8-10-21(11-9-20)28(2,3)4)24-15-23(29)32-27(33-24)38-18-25(36)31-16-22-7-5-6-12-30-22/h5-12,15,19H,13-14,16-18H2,1-4H3,(H,31,36). The monoisotopic (exact) mass is 552 g/mol. The number of hydrogen-bond donors (Lipinski definition) is 1. The molecule has 1 unspecified atom stereocenters. The van der Waals surface area contributed by atoms with Gasteiger partial charge in [-0.15, -0.1) is 0 Å². The fraction of sp³-hybridized carbons (Fsp3) is 0.393. The molecule has 1 atom stereocenters. The predicted molar refractivity (Wildman–Crippen MR) is 152 cm³/mol. The first-order valence-electron chi connectivity index (χ1n) is 12.6. The van der Waals surface area contributed by atoms with Crippen molar-refractivity contribution in [1.29, 1.82) is 0 Å². The maximum Gasteiger partial charge on any atom is 0.254 e. The number of anilines is 1. The summed E-state index contributed by atoms with van der Waals surface area (Å²) < 4.78 is 0. The van der Waals surface area contributed by atoms with E-state index >= 15 is 0 Å². The summed E-state index contributed by atoms with van der Waals surface area (Å²) in [6, 6.07) is 15.2. The molecule has 1 N–H and O–H groups in total. The average molecular weight is 553 g/mol. The van der Waals surface area contributed by atoms with E-state index in [1.165, 1.54) is 17.3 Å². The largest absolute Gasteiger partial charge is 0.353 e. The van der Waals surface area contributed by atoms with Gasteiger partial charge in [-0.1, -0.05) is 62.3 Å². The smallest absolute Gasteiger partial charge is 0.254 e. The quantitative estimate of drug-likeness (QED) is 0.260. The first-order chi connectivity index (χ1) is 18.1. The molecule has 2 aromatic heterocycles. The molecule has 1 aromatic carbocycles. The first-order valence-corrected chi connectivity index (χ1v) is 14.0. The van der Waals surface area contributed by atoms with Crippen LogP contribution in [0.4, 0.5) is 5.82 Å². The third kappa shape index (κ3) is 7.23. The van der Waals surface area contributed by atoms with Crippen LogP contribution in [0.2, 0.25) is 5.15 Å². The fourth-order valence-electron chi connectivity index (χ4n) is 4.23. The van der Waals surface area contributed by atoms with Crippen molar-refractivity contribution in [3.05, 3.63) is 76.7 Å². The Labute approximate surface area is 233 Å². The van der Waals surface area contributed by atoms with Crippen LogP contribution in [0.1, 0.15) is 49.3 Å². The normalized spacial score (nSPS) is 15.9. The van der Waals surface area contributed by atoms with Crippen LogP contribution in [0, 0.1) is 0 Å². The van der Waals surface area contributed by atoms with Crippen LogP contribution < -0.4 is 10.2 Å². The van der Waals surface area contributed by atoms with E-state index in [4.69, 9.17) is 11.6 Å². The Morgan fingerprint density at radius 1 is 1.11 bits per heavy atom. The lowest BCUT2D eigenvalue weighted by Crippen LogP contribution is -2.54. The first kappa shape index (κ1) is 27.9. The highest BCUT2D eigenvalue weighted by Gasteiger charge is 2.29. The van der Waals surface area contributed by atoms with Crippen LogP contribution >= 0.6 is 23.4 Å². The molecule has 8 nitrogen and oxygen atoms in total. The number of thioether (sulfide) groups is 1. The van der Waals surface area contributed by atoms with E-state index in [-0.39, 0.29) is 29.0 Å². The summed E-state index contributed by atoms with van der Waals surface area (Å²) >= 11 is 7.53. The van der Waals surface area contributed by atoms with Gasteiger partial charge < -0.3 is 15.1 Å². The minimum absolute atomic E-state index is 0.0132. The van der Waals surface area contributed by atoms with Gasteiger partial charge in [0.05, 0.1) is 18.0 Å². The molecule has 4 rings (SSSR count). The summed E-state index contributed by atoms with van der Waals surface area (Å²) in [5, 5.41) is 3.60. The minimum atomic E-state index is -0.137. The van der Waals surface area contributed by atoms with E-state index in [0.717, 1.165) is 5.69 Å². The van der Waals surface area contributed by atoms with Crippen molar-refractivity contribution in [2.24, 2.45) is 0 Å². The number of pyridine rings is 1. The zero-order valence-electron chi connectivity index (χ0n) is 22.1. The minimum Gasteiger partial charge on any atom is -0.353 e. The Balaban J connectivity index is 1.34. The molecular formula is C28H33ClN6O2S. The van der Waals surface area contributed by atoms with Gasteiger partial charge in [-0.2, -0.15) is 0 Å². The van der Waals surface area contributed by atoms with Crippen LogP contribution in [0.15, 0.2) is 59.9 Å². The van der Waals surface area contributed by atoms with Gasteiger partial charge in [0.25, 0.3) is 5.91 Å². The molecule has 3 aromatic rings. The van der Waals surface area contributed by atoms with Gasteiger partial charge in [0.2, 0.25) is 5.91 Å². The maximum atomic E-state index is 13.2. The second kappa shape index (κ2) is 12.1. The Bertz CT molecular complexity index is 1270. The second-order valence-corrected chi connectivity index (χ2v) is 11.7. The highest BCUT2D eigenvalue weighted by Crippen LogP contribution is 2.26. The number of carbonyl (C=O) groups excluding carboxylic acids is 2. The van der Waals surface area contributed by atoms with E-state index in [2.05, 4.69) is 45.9 Å². The zero-order chi connectivity index (χ0) is 27.3. The molecule has 0 radical (unpaired) electrons. The van der Waals surface area contributed by atoms with Crippen molar-refractivity contribution in [2.75, 3.05) is 30.3 Å². The van der Waals surface area contributed by atoms with Crippen LogP contribution in [0.5, 0.6) is 0 Å². The molecule has 0 aliphatic carbocycles. The van der Waals surface area contributed by atoms with Gasteiger partial charge in [0, 0.05) is 43.5 Å². The number of halogens is 1. The van der Waals surface area contributed by atoms with Gasteiger partial charge in [-0.05, 0) is 42.2 Å². The van der Waals surface area contributed by atoms with Crippen molar-refractivity contribution < 1.29 is 9.59 Å². The summed E-state index contributed by atoms with van der Waals surface area (Å²) in [6.45, 7) is 10.7.